The third kappa shape index (κ3) is 2.55. The molecule has 2 saturated heterocycles. The Morgan fingerprint density at radius 3 is 2.50 bits per heavy atom. The highest BCUT2D eigenvalue weighted by Gasteiger charge is 2.42. The summed E-state index contributed by atoms with van der Waals surface area (Å²) in [7, 11) is 0. The Bertz CT molecular complexity index is 322. The number of hydrogen-bond donors (Lipinski definition) is 0. The molecule has 3 fully saturated rings. The molecule has 0 aromatic rings. The summed E-state index contributed by atoms with van der Waals surface area (Å²) in [6.45, 7) is 3.27. The first kappa shape index (κ1) is 12.4. The summed E-state index contributed by atoms with van der Waals surface area (Å²) in [5.74, 6) is 0.298. The lowest BCUT2D eigenvalue weighted by Gasteiger charge is -2.32. The average Bonchev–Trinajstić information content (AvgIpc) is 3.02. The number of hydrogen-bond acceptors (Lipinski definition) is 3. The maximum Gasteiger partial charge on any atom is 0.0710 e. The first-order chi connectivity index (χ1) is 8.80. The Morgan fingerprint density at radius 1 is 1.11 bits per heavy atom. The van der Waals surface area contributed by atoms with Gasteiger partial charge in [0.15, 0.2) is 0 Å². The standard InChI is InChI=1S/C15H24N2O/c16-11-13-4-9-17(10-5-13)12-14-3-8-15(18-14)6-1-2-7-15/h13-14H,1-10,12H2. The number of piperidine rings is 1. The minimum absolute atomic E-state index is 0.273. The van der Waals surface area contributed by atoms with E-state index in [1.54, 1.807) is 0 Å². The molecule has 1 aliphatic carbocycles. The van der Waals surface area contributed by atoms with E-state index in [2.05, 4.69) is 11.0 Å². The van der Waals surface area contributed by atoms with E-state index in [0.717, 1.165) is 32.5 Å². The van der Waals surface area contributed by atoms with Crippen LogP contribution in [0.1, 0.15) is 51.4 Å². The molecule has 0 radical (unpaired) electrons. The van der Waals surface area contributed by atoms with Gasteiger partial charge in [0.2, 0.25) is 0 Å². The Labute approximate surface area is 110 Å². The Kier molecular flexibility index (Phi) is 3.59. The Hall–Kier alpha value is -0.590. The van der Waals surface area contributed by atoms with Crippen LogP contribution in [0.5, 0.6) is 0 Å². The van der Waals surface area contributed by atoms with Crippen LogP contribution in [0.3, 0.4) is 0 Å². The Balaban J connectivity index is 1.46. The van der Waals surface area contributed by atoms with E-state index in [1.807, 2.05) is 0 Å². The molecule has 1 atom stereocenters. The van der Waals surface area contributed by atoms with E-state index in [9.17, 15) is 0 Å². The van der Waals surface area contributed by atoms with Gasteiger partial charge in [-0.15, -0.1) is 0 Å². The van der Waals surface area contributed by atoms with Crippen LogP contribution in [0.2, 0.25) is 0 Å². The van der Waals surface area contributed by atoms with Gasteiger partial charge in [-0.2, -0.15) is 5.26 Å². The minimum Gasteiger partial charge on any atom is -0.370 e. The number of likely N-dealkylation sites (tertiary alicyclic amines) is 1. The van der Waals surface area contributed by atoms with Crippen molar-refractivity contribution in [3.8, 4) is 6.07 Å². The zero-order valence-electron chi connectivity index (χ0n) is 11.2. The lowest BCUT2D eigenvalue weighted by Crippen LogP contribution is -2.39. The summed E-state index contributed by atoms with van der Waals surface area (Å²) in [5.41, 5.74) is 0.273. The van der Waals surface area contributed by atoms with E-state index in [0.29, 0.717) is 12.0 Å². The van der Waals surface area contributed by atoms with Crippen molar-refractivity contribution in [2.45, 2.75) is 63.1 Å². The predicted octanol–water partition coefficient (Wildman–Crippen LogP) is 2.71. The van der Waals surface area contributed by atoms with E-state index in [-0.39, 0.29) is 5.60 Å². The van der Waals surface area contributed by atoms with Crippen LogP contribution in [0, 0.1) is 17.2 Å². The van der Waals surface area contributed by atoms with Gasteiger partial charge in [0.05, 0.1) is 17.8 Å². The van der Waals surface area contributed by atoms with Crippen molar-refractivity contribution in [2.75, 3.05) is 19.6 Å². The molecule has 1 unspecified atom stereocenters. The third-order valence-electron chi connectivity index (χ3n) is 5.09. The van der Waals surface area contributed by atoms with Gasteiger partial charge < -0.3 is 9.64 Å². The molecule has 2 aliphatic heterocycles. The number of nitriles is 1. The topological polar surface area (TPSA) is 36.3 Å². The third-order valence-corrected chi connectivity index (χ3v) is 5.09. The SMILES string of the molecule is N#CC1CCN(CC2CCC3(CCCC3)O2)CC1. The average molecular weight is 248 g/mol. The van der Waals surface area contributed by atoms with Gasteiger partial charge in [0.25, 0.3) is 0 Å². The zero-order valence-corrected chi connectivity index (χ0v) is 11.2. The molecule has 3 aliphatic rings. The van der Waals surface area contributed by atoms with Crippen LogP contribution in [0.15, 0.2) is 0 Å². The zero-order chi connectivity index (χ0) is 12.4. The van der Waals surface area contributed by atoms with Gasteiger partial charge in [-0.05, 0) is 51.6 Å². The first-order valence-electron chi connectivity index (χ1n) is 7.59. The molecule has 0 aromatic carbocycles. The van der Waals surface area contributed by atoms with Crippen molar-refractivity contribution < 1.29 is 4.74 Å². The van der Waals surface area contributed by atoms with E-state index >= 15 is 0 Å². The molecule has 1 spiro atoms. The molecule has 1 saturated carbocycles. The van der Waals surface area contributed by atoms with Crippen molar-refractivity contribution in [1.29, 1.82) is 5.26 Å². The van der Waals surface area contributed by atoms with Gasteiger partial charge in [-0.3, -0.25) is 0 Å². The lowest BCUT2D eigenvalue weighted by atomic mass is 9.97. The monoisotopic (exact) mass is 248 g/mol. The summed E-state index contributed by atoms with van der Waals surface area (Å²) in [5, 5.41) is 8.91. The highest BCUT2D eigenvalue weighted by Crippen LogP contribution is 2.43. The molecule has 18 heavy (non-hydrogen) atoms. The second kappa shape index (κ2) is 5.19. The van der Waals surface area contributed by atoms with Crippen LogP contribution in [-0.2, 0) is 4.74 Å². The van der Waals surface area contributed by atoms with Crippen LogP contribution in [0.25, 0.3) is 0 Å². The van der Waals surface area contributed by atoms with Gasteiger partial charge in [-0.1, -0.05) is 12.8 Å². The maximum absolute atomic E-state index is 8.91. The summed E-state index contributed by atoms with van der Waals surface area (Å²) in [4.78, 5) is 2.51. The number of rotatable bonds is 2. The number of nitrogens with zero attached hydrogens (tertiary/aromatic N) is 2. The van der Waals surface area contributed by atoms with E-state index < -0.39 is 0 Å². The minimum atomic E-state index is 0.273. The largest absolute Gasteiger partial charge is 0.370 e. The van der Waals surface area contributed by atoms with Gasteiger partial charge >= 0.3 is 0 Å². The molecule has 0 amide bonds. The normalized spacial score (nSPS) is 32.9. The van der Waals surface area contributed by atoms with Crippen LogP contribution in [0.4, 0.5) is 0 Å². The van der Waals surface area contributed by atoms with Crippen molar-refractivity contribution in [2.24, 2.45) is 5.92 Å². The molecule has 0 N–H and O–H groups in total. The molecule has 3 nitrogen and oxygen atoms in total. The maximum atomic E-state index is 8.91. The van der Waals surface area contributed by atoms with Crippen molar-refractivity contribution in [3.63, 3.8) is 0 Å². The second-order valence-corrected chi connectivity index (χ2v) is 6.37. The van der Waals surface area contributed by atoms with Gasteiger partial charge in [0.1, 0.15) is 0 Å². The number of ether oxygens (including phenoxy) is 1. The summed E-state index contributed by atoms with van der Waals surface area (Å²) in [6.07, 6.45) is 10.4. The molecule has 3 rings (SSSR count). The van der Waals surface area contributed by atoms with Crippen LogP contribution >= 0.6 is 0 Å². The fraction of sp³-hybridized carbons (Fsp3) is 0.933. The van der Waals surface area contributed by atoms with Crippen molar-refractivity contribution in [1.82, 2.24) is 4.90 Å². The molecular weight excluding hydrogens is 224 g/mol. The van der Waals surface area contributed by atoms with Gasteiger partial charge in [0, 0.05) is 12.5 Å². The predicted molar refractivity (Wildman–Crippen MR) is 70.1 cm³/mol. The van der Waals surface area contributed by atoms with E-state index in [4.69, 9.17) is 10.00 Å². The summed E-state index contributed by atoms with van der Waals surface area (Å²) < 4.78 is 6.36. The highest BCUT2D eigenvalue weighted by atomic mass is 16.5. The Morgan fingerprint density at radius 2 is 1.83 bits per heavy atom. The molecule has 100 valence electrons. The second-order valence-electron chi connectivity index (χ2n) is 6.37. The van der Waals surface area contributed by atoms with Crippen LogP contribution < -0.4 is 0 Å². The molecular formula is C15H24N2O. The van der Waals surface area contributed by atoms with Gasteiger partial charge in [-0.25, -0.2) is 0 Å². The molecule has 0 aromatic heterocycles. The quantitative estimate of drug-likeness (QED) is 0.754. The van der Waals surface area contributed by atoms with Crippen molar-refractivity contribution >= 4 is 0 Å². The smallest absolute Gasteiger partial charge is 0.0710 e. The fourth-order valence-electron chi connectivity index (χ4n) is 3.94. The molecule has 0 bridgehead atoms. The molecule has 3 heteroatoms. The first-order valence-corrected chi connectivity index (χ1v) is 7.59. The molecule has 2 heterocycles. The highest BCUT2D eigenvalue weighted by molar-refractivity contribution is 4.94. The fourth-order valence-corrected chi connectivity index (χ4v) is 3.94. The van der Waals surface area contributed by atoms with E-state index in [1.165, 1.54) is 38.5 Å². The summed E-state index contributed by atoms with van der Waals surface area (Å²) >= 11 is 0. The van der Waals surface area contributed by atoms with Crippen LogP contribution in [-0.4, -0.2) is 36.2 Å². The summed E-state index contributed by atoms with van der Waals surface area (Å²) in [6, 6.07) is 2.40. The lowest BCUT2D eigenvalue weighted by molar-refractivity contribution is -0.0493. The van der Waals surface area contributed by atoms with Crippen molar-refractivity contribution in [3.05, 3.63) is 0 Å².